The molecule has 11 heteroatoms. The highest BCUT2D eigenvalue weighted by Crippen LogP contribution is 2.34. The Morgan fingerprint density at radius 3 is 2.67 bits per heavy atom. The van der Waals surface area contributed by atoms with Crippen LogP contribution >= 0.6 is 0 Å². The van der Waals surface area contributed by atoms with Crippen LogP contribution in [0.2, 0.25) is 0 Å². The predicted octanol–water partition coefficient (Wildman–Crippen LogP) is 2.09. The van der Waals surface area contributed by atoms with Crippen LogP contribution in [-0.2, 0) is 19.1 Å². The first-order chi connectivity index (χ1) is 17.2. The van der Waals surface area contributed by atoms with Gasteiger partial charge in [-0.25, -0.2) is 9.18 Å². The summed E-state index contributed by atoms with van der Waals surface area (Å²) in [5.41, 5.74) is 2.83. The summed E-state index contributed by atoms with van der Waals surface area (Å²) < 4.78 is 19.0. The molecular formula is C25H27FN4O6. The van der Waals surface area contributed by atoms with Crippen molar-refractivity contribution in [2.45, 2.75) is 32.7 Å². The zero-order valence-electron chi connectivity index (χ0n) is 19.9. The molecule has 3 heterocycles. The molecule has 4 rings (SSSR count). The number of nitrogens with one attached hydrogen (secondary N) is 3. The van der Waals surface area contributed by atoms with E-state index in [1.807, 2.05) is 0 Å². The van der Waals surface area contributed by atoms with E-state index in [1.165, 1.54) is 24.3 Å². The Morgan fingerprint density at radius 2 is 1.97 bits per heavy atom. The van der Waals surface area contributed by atoms with E-state index < -0.39 is 29.6 Å². The average molecular weight is 499 g/mol. The minimum Gasteiger partial charge on any atom is -0.480 e. The summed E-state index contributed by atoms with van der Waals surface area (Å²) in [5.74, 6) is -2.92. The van der Waals surface area contributed by atoms with Crippen LogP contribution in [0.4, 0.5) is 10.1 Å². The number of benzene rings is 1. The summed E-state index contributed by atoms with van der Waals surface area (Å²) in [6.07, 6.45) is 1.46. The highest BCUT2D eigenvalue weighted by Gasteiger charge is 2.28. The Kier molecular flexibility index (Phi) is 7.20. The van der Waals surface area contributed by atoms with E-state index in [4.69, 9.17) is 4.74 Å². The SMILES string of the molecule is Cc1[nH]c(/C=C2\C(=O)Nc3ccc(F)cc32)c(C)c1C(=O)N[C@@H](CCC(=O)N1CCOCC1)C(=O)O. The Hall–Kier alpha value is -3.99. The fraction of sp³-hybridized carbons (Fsp3) is 0.360. The summed E-state index contributed by atoms with van der Waals surface area (Å²) in [6.45, 7) is 5.12. The van der Waals surface area contributed by atoms with E-state index >= 15 is 0 Å². The van der Waals surface area contributed by atoms with E-state index in [0.29, 0.717) is 54.5 Å². The van der Waals surface area contributed by atoms with Crippen LogP contribution in [0.15, 0.2) is 18.2 Å². The number of hydrogen-bond acceptors (Lipinski definition) is 5. The van der Waals surface area contributed by atoms with Crippen molar-refractivity contribution >= 4 is 41.0 Å². The number of hydrogen-bond donors (Lipinski definition) is 4. The number of aromatic nitrogens is 1. The molecule has 1 saturated heterocycles. The number of H-pyrrole nitrogens is 1. The number of morpholine rings is 1. The van der Waals surface area contributed by atoms with Crippen molar-refractivity contribution in [2.75, 3.05) is 31.6 Å². The van der Waals surface area contributed by atoms with E-state index in [1.54, 1.807) is 18.7 Å². The quantitative estimate of drug-likeness (QED) is 0.431. The number of aryl methyl sites for hydroxylation is 1. The zero-order valence-corrected chi connectivity index (χ0v) is 19.9. The molecule has 4 N–H and O–H groups in total. The maximum atomic E-state index is 13.8. The number of rotatable bonds is 7. The summed E-state index contributed by atoms with van der Waals surface area (Å²) in [4.78, 5) is 54.3. The molecule has 1 fully saturated rings. The van der Waals surface area contributed by atoms with Crippen LogP contribution in [0, 0.1) is 19.7 Å². The first-order valence-electron chi connectivity index (χ1n) is 11.6. The predicted molar refractivity (Wildman–Crippen MR) is 129 cm³/mol. The number of halogens is 1. The molecule has 0 spiro atoms. The van der Waals surface area contributed by atoms with Crippen molar-refractivity contribution in [3.05, 3.63) is 52.1 Å². The van der Waals surface area contributed by atoms with Crippen LogP contribution in [0.5, 0.6) is 0 Å². The number of amides is 3. The number of carboxylic acid groups (broad SMARTS) is 1. The van der Waals surface area contributed by atoms with Gasteiger partial charge in [0.15, 0.2) is 0 Å². The Morgan fingerprint density at radius 1 is 1.25 bits per heavy atom. The van der Waals surface area contributed by atoms with E-state index in [2.05, 4.69) is 15.6 Å². The van der Waals surface area contributed by atoms with Gasteiger partial charge in [0.2, 0.25) is 5.91 Å². The van der Waals surface area contributed by atoms with Crippen LogP contribution in [0.1, 0.15) is 45.7 Å². The highest BCUT2D eigenvalue weighted by atomic mass is 19.1. The molecule has 0 saturated carbocycles. The van der Waals surface area contributed by atoms with Crippen molar-refractivity contribution in [3.8, 4) is 0 Å². The van der Waals surface area contributed by atoms with Gasteiger partial charge in [0.05, 0.1) is 24.4 Å². The molecule has 0 radical (unpaired) electrons. The van der Waals surface area contributed by atoms with Gasteiger partial charge < -0.3 is 30.4 Å². The van der Waals surface area contributed by atoms with Gasteiger partial charge in [0.1, 0.15) is 11.9 Å². The Balaban J connectivity index is 1.50. The van der Waals surface area contributed by atoms with Gasteiger partial charge in [-0.05, 0) is 50.1 Å². The highest BCUT2D eigenvalue weighted by molar-refractivity contribution is 6.34. The molecule has 10 nitrogen and oxygen atoms in total. The molecule has 0 unspecified atom stereocenters. The molecule has 0 aliphatic carbocycles. The maximum absolute atomic E-state index is 13.8. The topological polar surface area (TPSA) is 141 Å². The van der Waals surface area contributed by atoms with Gasteiger partial charge >= 0.3 is 5.97 Å². The van der Waals surface area contributed by atoms with Crippen molar-refractivity contribution in [3.63, 3.8) is 0 Å². The second-order valence-electron chi connectivity index (χ2n) is 8.76. The fourth-order valence-electron chi connectivity index (χ4n) is 4.43. The van der Waals surface area contributed by atoms with E-state index in [0.717, 1.165) is 0 Å². The number of anilines is 1. The molecule has 2 aromatic rings. The number of ether oxygens (including phenoxy) is 1. The van der Waals surface area contributed by atoms with Crippen molar-refractivity contribution < 1.29 is 33.4 Å². The third-order valence-corrected chi connectivity index (χ3v) is 6.37. The van der Waals surface area contributed by atoms with Crippen molar-refractivity contribution in [1.82, 2.24) is 15.2 Å². The largest absolute Gasteiger partial charge is 0.480 e. The molecule has 36 heavy (non-hydrogen) atoms. The number of carbonyl (C=O) groups is 4. The van der Waals surface area contributed by atoms with Gasteiger partial charge in [0.25, 0.3) is 11.8 Å². The zero-order chi connectivity index (χ0) is 26.0. The van der Waals surface area contributed by atoms with E-state index in [9.17, 15) is 28.7 Å². The minimum absolute atomic E-state index is 0.0230. The smallest absolute Gasteiger partial charge is 0.326 e. The third kappa shape index (κ3) is 5.15. The van der Waals surface area contributed by atoms with Crippen LogP contribution < -0.4 is 10.6 Å². The van der Waals surface area contributed by atoms with E-state index in [-0.39, 0.29) is 29.9 Å². The lowest BCUT2D eigenvalue weighted by molar-refractivity contribution is -0.140. The first-order valence-corrected chi connectivity index (χ1v) is 11.6. The maximum Gasteiger partial charge on any atom is 0.326 e. The summed E-state index contributed by atoms with van der Waals surface area (Å²) in [6, 6.07) is 2.73. The number of carbonyl (C=O) groups excluding carboxylic acids is 3. The number of nitrogens with zero attached hydrogens (tertiary/aromatic N) is 1. The minimum atomic E-state index is -1.26. The molecule has 1 atom stereocenters. The number of carboxylic acids is 1. The summed E-state index contributed by atoms with van der Waals surface area (Å²) >= 11 is 0. The second-order valence-corrected chi connectivity index (χ2v) is 8.76. The standard InChI is InChI=1S/C25H27FN4O6/c1-13-20(12-17-16-11-15(26)3-4-18(16)28-23(17)32)27-14(2)22(13)24(33)29-19(25(34)35)5-6-21(31)30-7-9-36-10-8-30/h3-4,11-12,19,27H,5-10H2,1-2H3,(H,28,32)(H,29,33)(H,34,35)/b17-12-/t19-/m0/s1. The van der Waals surface area contributed by atoms with Crippen molar-refractivity contribution in [1.29, 1.82) is 0 Å². The monoisotopic (exact) mass is 498 g/mol. The van der Waals surface area contributed by atoms with Gasteiger partial charge in [-0.2, -0.15) is 0 Å². The Labute approximate surface area is 206 Å². The molecule has 2 aliphatic heterocycles. The first kappa shape index (κ1) is 25.1. The number of aliphatic carboxylic acids is 1. The molecule has 1 aromatic heterocycles. The number of fused-ring (bicyclic) bond motifs is 1. The van der Waals surface area contributed by atoms with Gasteiger partial charge in [-0.3, -0.25) is 14.4 Å². The normalized spacial score (nSPS) is 17.0. The third-order valence-electron chi connectivity index (χ3n) is 6.37. The lowest BCUT2D eigenvalue weighted by Crippen LogP contribution is -2.44. The second kappa shape index (κ2) is 10.3. The lowest BCUT2D eigenvalue weighted by Gasteiger charge is -2.27. The Bertz CT molecular complexity index is 1260. The fourth-order valence-corrected chi connectivity index (χ4v) is 4.43. The average Bonchev–Trinajstić information content (AvgIpc) is 3.31. The van der Waals surface area contributed by atoms with Gasteiger partial charge in [0, 0.05) is 42.1 Å². The van der Waals surface area contributed by atoms with Gasteiger partial charge in [-0.15, -0.1) is 0 Å². The van der Waals surface area contributed by atoms with Crippen molar-refractivity contribution in [2.24, 2.45) is 0 Å². The lowest BCUT2D eigenvalue weighted by atomic mass is 10.0. The molecular weight excluding hydrogens is 471 g/mol. The summed E-state index contributed by atoms with van der Waals surface area (Å²) in [5, 5.41) is 14.8. The molecule has 2 aliphatic rings. The molecule has 3 amide bonds. The summed E-state index contributed by atoms with van der Waals surface area (Å²) in [7, 11) is 0. The molecule has 1 aromatic carbocycles. The van der Waals surface area contributed by atoms with Crippen LogP contribution in [-0.4, -0.2) is 71.0 Å². The number of aromatic amines is 1. The molecule has 0 bridgehead atoms. The van der Waals surface area contributed by atoms with Crippen LogP contribution in [0.3, 0.4) is 0 Å². The van der Waals surface area contributed by atoms with Crippen LogP contribution in [0.25, 0.3) is 11.6 Å². The van der Waals surface area contributed by atoms with Gasteiger partial charge in [-0.1, -0.05) is 0 Å². The molecule has 190 valence electrons.